The summed E-state index contributed by atoms with van der Waals surface area (Å²) in [7, 11) is -2.52. The maximum atomic E-state index is 12.1. The zero-order chi connectivity index (χ0) is 16.0. The van der Waals surface area contributed by atoms with E-state index in [1.807, 2.05) is 0 Å². The van der Waals surface area contributed by atoms with Crippen molar-refractivity contribution in [3.05, 3.63) is 23.8 Å². The van der Waals surface area contributed by atoms with Gasteiger partial charge in [-0.05, 0) is 38.0 Å². The van der Waals surface area contributed by atoms with Gasteiger partial charge >= 0.3 is 5.97 Å². The number of aliphatic hydroxyl groups is 1. The number of aliphatic hydroxyl groups excluding tert-OH is 1. The average Bonchev–Trinajstić information content (AvgIpc) is 2.42. The lowest BCUT2D eigenvalue weighted by atomic mass is 10.2. The van der Waals surface area contributed by atoms with Crippen molar-refractivity contribution in [2.24, 2.45) is 0 Å². The van der Waals surface area contributed by atoms with Crippen molar-refractivity contribution >= 4 is 16.0 Å². The number of benzene rings is 1. The normalized spacial score (nSPS) is 12.9. The molecule has 0 saturated carbocycles. The Morgan fingerprint density at radius 3 is 2.62 bits per heavy atom. The van der Waals surface area contributed by atoms with Crippen molar-refractivity contribution in [3.63, 3.8) is 0 Å². The second kappa shape index (κ2) is 7.39. The Balaban J connectivity index is 2.90. The molecule has 0 amide bonds. The van der Waals surface area contributed by atoms with Crippen LogP contribution in [0.2, 0.25) is 0 Å². The molecule has 3 N–H and O–H groups in total. The second-order valence-electron chi connectivity index (χ2n) is 4.56. The van der Waals surface area contributed by atoms with Gasteiger partial charge in [0, 0.05) is 6.54 Å². The number of carboxylic acids is 1. The molecular weight excluding hydrogens is 298 g/mol. The Hall–Kier alpha value is -1.64. The Kier molecular flexibility index (Phi) is 6.13. The molecule has 1 rings (SSSR count). The topological polar surface area (TPSA) is 113 Å². The smallest absolute Gasteiger partial charge is 0.335 e. The highest BCUT2D eigenvalue weighted by Gasteiger charge is 2.20. The predicted octanol–water partition coefficient (Wildman–Crippen LogP) is 0.833. The number of sulfonamides is 1. The van der Waals surface area contributed by atoms with Crippen molar-refractivity contribution in [2.45, 2.75) is 30.8 Å². The third-order valence-corrected chi connectivity index (χ3v) is 4.29. The fourth-order valence-electron chi connectivity index (χ4n) is 1.70. The highest BCUT2D eigenvalue weighted by molar-refractivity contribution is 7.89. The second-order valence-corrected chi connectivity index (χ2v) is 6.30. The summed E-state index contributed by atoms with van der Waals surface area (Å²) in [4.78, 5) is 10.7. The molecule has 118 valence electrons. The number of rotatable bonds is 8. The number of aromatic carboxylic acids is 1. The van der Waals surface area contributed by atoms with Gasteiger partial charge in [-0.2, -0.15) is 0 Å². The molecule has 0 aliphatic heterocycles. The Labute approximate surface area is 123 Å². The minimum Gasteiger partial charge on any atom is -0.495 e. The lowest BCUT2D eigenvalue weighted by molar-refractivity contribution is 0.0696. The molecule has 1 aromatic rings. The number of ether oxygens (including phenoxy) is 1. The van der Waals surface area contributed by atoms with Gasteiger partial charge in [-0.25, -0.2) is 17.9 Å². The monoisotopic (exact) mass is 317 g/mol. The van der Waals surface area contributed by atoms with E-state index in [0.29, 0.717) is 12.8 Å². The fraction of sp³-hybridized carbons (Fsp3) is 0.462. The third kappa shape index (κ3) is 5.00. The van der Waals surface area contributed by atoms with Crippen molar-refractivity contribution in [3.8, 4) is 5.75 Å². The van der Waals surface area contributed by atoms with E-state index in [1.165, 1.54) is 19.2 Å². The Morgan fingerprint density at radius 2 is 2.10 bits per heavy atom. The highest BCUT2D eigenvalue weighted by atomic mass is 32.2. The van der Waals surface area contributed by atoms with Gasteiger partial charge in [-0.15, -0.1) is 0 Å². The van der Waals surface area contributed by atoms with Crippen molar-refractivity contribution in [1.29, 1.82) is 0 Å². The molecule has 0 aliphatic rings. The zero-order valence-corrected chi connectivity index (χ0v) is 12.7. The highest BCUT2D eigenvalue weighted by Crippen LogP contribution is 2.24. The van der Waals surface area contributed by atoms with Crippen molar-refractivity contribution < 1.29 is 28.2 Å². The molecule has 0 aliphatic carbocycles. The van der Waals surface area contributed by atoms with Gasteiger partial charge in [0.05, 0.1) is 18.8 Å². The van der Waals surface area contributed by atoms with E-state index >= 15 is 0 Å². The molecule has 0 saturated heterocycles. The average molecular weight is 317 g/mol. The standard InChI is InChI=1S/C13H19NO6S/c1-9(15)4-3-7-14-21(18,19)12-6-5-10(13(16)17)8-11(12)20-2/h5-6,8-9,14-15H,3-4,7H2,1-2H3,(H,16,17). The molecular formula is C13H19NO6S. The lowest BCUT2D eigenvalue weighted by Gasteiger charge is -2.11. The number of carbonyl (C=O) groups is 1. The molecule has 1 unspecified atom stereocenters. The van der Waals surface area contributed by atoms with Crippen LogP contribution < -0.4 is 9.46 Å². The first-order chi connectivity index (χ1) is 9.77. The maximum absolute atomic E-state index is 12.1. The molecule has 7 nitrogen and oxygen atoms in total. The fourth-order valence-corrected chi connectivity index (χ4v) is 2.93. The number of hydrogen-bond donors (Lipinski definition) is 3. The number of carboxylic acid groups (broad SMARTS) is 1. The van der Waals surface area contributed by atoms with E-state index < -0.39 is 22.1 Å². The van der Waals surface area contributed by atoms with E-state index in [0.717, 1.165) is 6.07 Å². The summed E-state index contributed by atoms with van der Waals surface area (Å²) in [6, 6.07) is 3.56. The SMILES string of the molecule is COc1cc(C(=O)O)ccc1S(=O)(=O)NCCCC(C)O. The van der Waals surface area contributed by atoms with Crippen LogP contribution in [0.4, 0.5) is 0 Å². The van der Waals surface area contributed by atoms with Gasteiger partial charge in [-0.3, -0.25) is 0 Å². The summed E-state index contributed by atoms with van der Waals surface area (Å²) >= 11 is 0. The molecule has 0 aromatic heterocycles. The summed E-state index contributed by atoms with van der Waals surface area (Å²) in [5.41, 5.74) is -0.0556. The molecule has 1 atom stereocenters. The van der Waals surface area contributed by atoms with Gasteiger partial charge in [0.25, 0.3) is 0 Å². The van der Waals surface area contributed by atoms with Gasteiger partial charge < -0.3 is 14.9 Å². The van der Waals surface area contributed by atoms with Crippen molar-refractivity contribution in [1.82, 2.24) is 4.72 Å². The maximum Gasteiger partial charge on any atom is 0.335 e. The van der Waals surface area contributed by atoms with Crippen LogP contribution >= 0.6 is 0 Å². The molecule has 21 heavy (non-hydrogen) atoms. The van der Waals surface area contributed by atoms with Crippen LogP contribution in [-0.2, 0) is 10.0 Å². The molecule has 0 bridgehead atoms. The first-order valence-electron chi connectivity index (χ1n) is 6.37. The summed E-state index contributed by atoms with van der Waals surface area (Å²) in [6.07, 6.45) is 0.489. The summed E-state index contributed by atoms with van der Waals surface area (Å²) in [5.74, 6) is -1.19. The minimum absolute atomic E-state index is 0.0297. The number of nitrogens with one attached hydrogen (secondary N) is 1. The minimum atomic E-state index is -3.79. The van der Waals surface area contributed by atoms with Crippen LogP contribution in [0.25, 0.3) is 0 Å². The molecule has 0 spiro atoms. The quantitative estimate of drug-likeness (QED) is 0.612. The first-order valence-corrected chi connectivity index (χ1v) is 7.85. The zero-order valence-electron chi connectivity index (χ0n) is 11.9. The lowest BCUT2D eigenvalue weighted by Crippen LogP contribution is -2.26. The van der Waals surface area contributed by atoms with Crippen molar-refractivity contribution in [2.75, 3.05) is 13.7 Å². The molecule has 0 fully saturated rings. The van der Waals surface area contributed by atoms with Gasteiger partial charge in [-0.1, -0.05) is 0 Å². The van der Waals surface area contributed by atoms with Crippen LogP contribution in [0.5, 0.6) is 5.75 Å². The molecule has 1 aromatic carbocycles. The Bertz CT molecular complexity index is 597. The number of methoxy groups -OCH3 is 1. The van der Waals surface area contributed by atoms with Crippen LogP contribution in [0.1, 0.15) is 30.1 Å². The van der Waals surface area contributed by atoms with Gasteiger partial charge in [0.15, 0.2) is 0 Å². The summed E-state index contributed by atoms with van der Waals surface area (Å²) < 4.78 is 31.6. The third-order valence-electron chi connectivity index (χ3n) is 2.79. The van der Waals surface area contributed by atoms with Crippen LogP contribution in [0.15, 0.2) is 23.1 Å². The largest absolute Gasteiger partial charge is 0.495 e. The molecule has 0 radical (unpaired) electrons. The van der Waals surface area contributed by atoms with Crippen LogP contribution in [0, 0.1) is 0 Å². The van der Waals surface area contributed by atoms with E-state index in [4.69, 9.17) is 14.9 Å². The Morgan fingerprint density at radius 1 is 1.43 bits per heavy atom. The van der Waals surface area contributed by atoms with Gasteiger partial charge in [0.2, 0.25) is 10.0 Å². The number of hydrogen-bond acceptors (Lipinski definition) is 5. The van der Waals surface area contributed by atoms with Crippen LogP contribution in [-0.4, -0.2) is 44.4 Å². The predicted molar refractivity (Wildman–Crippen MR) is 76.1 cm³/mol. The van der Waals surface area contributed by atoms with E-state index in [-0.39, 0.29) is 22.8 Å². The summed E-state index contributed by atoms with van der Waals surface area (Å²) in [6.45, 7) is 1.80. The first kappa shape index (κ1) is 17.4. The van der Waals surface area contributed by atoms with Crippen LogP contribution in [0.3, 0.4) is 0 Å². The van der Waals surface area contributed by atoms with E-state index in [1.54, 1.807) is 6.92 Å². The van der Waals surface area contributed by atoms with E-state index in [2.05, 4.69) is 4.72 Å². The molecule has 8 heteroatoms. The van der Waals surface area contributed by atoms with E-state index in [9.17, 15) is 13.2 Å². The molecule has 0 heterocycles. The summed E-state index contributed by atoms with van der Waals surface area (Å²) in [5, 5.41) is 18.0. The van der Waals surface area contributed by atoms with Gasteiger partial charge in [0.1, 0.15) is 10.6 Å².